The van der Waals surface area contributed by atoms with Gasteiger partial charge in [-0.05, 0) is 68.7 Å². The predicted octanol–water partition coefficient (Wildman–Crippen LogP) is 6.54. The Morgan fingerprint density at radius 2 is 0.923 bits per heavy atom. The maximum atomic E-state index is 10.2. The lowest BCUT2D eigenvalue weighted by molar-refractivity contribution is -0.146. The molecule has 2 aliphatic carbocycles. The van der Waals surface area contributed by atoms with Crippen molar-refractivity contribution in [3.63, 3.8) is 0 Å². The molecule has 4 atom stereocenters. The van der Waals surface area contributed by atoms with E-state index in [0.717, 1.165) is 31.7 Å². The van der Waals surface area contributed by atoms with Crippen LogP contribution in [0.4, 0.5) is 0 Å². The zero-order chi connectivity index (χ0) is 37.4. The lowest BCUT2D eigenvalue weighted by Crippen LogP contribution is -2.45. The van der Waals surface area contributed by atoms with E-state index in [1.165, 1.54) is 49.9 Å². The second-order valence-electron chi connectivity index (χ2n) is 15.9. The number of nitrogens with zero attached hydrogens (tertiary/aromatic N) is 2. The third-order valence-electron chi connectivity index (χ3n) is 11.4. The van der Waals surface area contributed by atoms with Crippen molar-refractivity contribution in [2.45, 2.75) is 82.8 Å². The van der Waals surface area contributed by atoms with Crippen LogP contribution in [-0.2, 0) is 17.9 Å². The smallest absolute Gasteiger partial charge is 0.337 e. The molecule has 8 heteroatoms. The summed E-state index contributed by atoms with van der Waals surface area (Å²) in [7, 11) is 0. The number of likely N-dealkylation sites (tertiary alicyclic amines) is 2. The van der Waals surface area contributed by atoms with E-state index >= 15 is 0 Å². The first-order chi connectivity index (χ1) is 24.7. The molecule has 2 aliphatic heterocycles. The van der Waals surface area contributed by atoms with Gasteiger partial charge in [0, 0.05) is 61.2 Å². The van der Waals surface area contributed by atoms with Crippen molar-refractivity contribution in [2.75, 3.05) is 26.2 Å². The van der Waals surface area contributed by atoms with Crippen molar-refractivity contribution in [2.24, 2.45) is 22.3 Å². The van der Waals surface area contributed by atoms with Gasteiger partial charge in [-0.15, -0.1) is 0 Å². The van der Waals surface area contributed by atoms with Crippen LogP contribution in [0.25, 0.3) is 0 Å². The van der Waals surface area contributed by atoms with Gasteiger partial charge in [-0.3, -0.25) is 9.80 Å². The summed E-state index contributed by atoms with van der Waals surface area (Å²) < 4.78 is 0. The number of nitrogens with two attached hydrogens (primary N) is 2. The van der Waals surface area contributed by atoms with Crippen molar-refractivity contribution in [3.8, 4) is 0 Å². The lowest BCUT2D eigenvalue weighted by atomic mass is 9.87. The molecule has 4 aromatic rings. The molecule has 4 aliphatic rings. The second-order valence-corrected chi connectivity index (χ2v) is 15.9. The molecule has 2 spiro atoms. The monoisotopic (exact) mass is 706 g/mol. The molecule has 0 unspecified atom stereocenters. The van der Waals surface area contributed by atoms with Gasteiger partial charge in [0.05, 0.1) is 6.10 Å². The van der Waals surface area contributed by atoms with Crippen molar-refractivity contribution in [1.82, 2.24) is 9.80 Å². The lowest BCUT2D eigenvalue weighted by Gasteiger charge is -2.25. The first-order valence-electron chi connectivity index (χ1n) is 18.5. The summed E-state index contributed by atoms with van der Waals surface area (Å²) in [5, 5.41) is 26.4. The molecule has 0 aromatic heterocycles. The number of rotatable bonds is 7. The number of carboxylic acid groups (broad SMARTS) is 1. The Kier molecular flexibility index (Phi) is 12.7. The molecule has 7 N–H and O–H groups in total. The number of aliphatic carboxylic acids is 1. The van der Waals surface area contributed by atoms with Crippen molar-refractivity contribution in [3.05, 3.63) is 144 Å². The van der Waals surface area contributed by atoms with Gasteiger partial charge in [0.2, 0.25) is 0 Å². The van der Waals surface area contributed by atoms with Crippen LogP contribution in [0.2, 0.25) is 0 Å². The van der Waals surface area contributed by atoms with E-state index in [9.17, 15) is 4.79 Å². The van der Waals surface area contributed by atoms with E-state index in [-0.39, 0.29) is 17.2 Å². The van der Waals surface area contributed by atoms with Crippen molar-refractivity contribution in [1.29, 1.82) is 0 Å². The third-order valence-corrected chi connectivity index (χ3v) is 11.4. The van der Waals surface area contributed by atoms with Crippen LogP contribution in [0, 0.1) is 10.8 Å². The molecule has 0 bridgehead atoms. The number of hydrogen-bond acceptors (Lipinski definition) is 7. The molecule has 0 radical (unpaired) electrons. The average Bonchev–Trinajstić information content (AvgIpc) is 4.05. The minimum atomic E-state index is -1.41. The maximum Gasteiger partial charge on any atom is 0.337 e. The van der Waals surface area contributed by atoms with E-state index < -0.39 is 12.1 Å². The molecule has 8 nitrogen and oxygen atoms in total. The number of hydrogen-bond donors (Lipinski definition) is 5. The minimum Gasteiger partial charge on any atom is -0.479 e. The van der Waals surface area contributed by atoms with Crippen LogP contribution in [0.5, 0.6) is 0 Å². The van der Waals surface area contributed by atoms with Crippen LogP contribution < -0.4 is 11.5 Å². The van der Waals surface area contributed by atoms with Crippen LogP contribution in [-0.4, -0.2) is 68.3 Å². The van der Waals surface area contributed by atoms with Crippen LogP contribution in [0.15, 0.2) is 121 Å². The predicted molar refractivity (Wildman–Crippen MR) is 208 cm³/mol. The Hall–Kier alpha value is -3.89. The summed E-state index contributed by atoms with van der Waals surface area (Å²) in [4.78, 5) is 15.3. The van der Waals surface area contributed by atoms with E-state index in [0.29, 0.717) is 16.4 Å². The Balaban J connectivity index is 0.000000138. The highest BCUT2D eigenvalue weighted by atomic mass is 16.4. The standard InChI is InChI=1S/2C14H20N2.C8H8O3.C8H10O/c2*1-13(15)10-16(11-14(13)7-8-14)9-12-5-3-2-4-6-12;9-7(8(10)11)6-4-2-1-3-5-6;1-7(9)8-5-3-2-4-6-8/h2*2-6H,7-11,15H2,1H3;1-5,7,9H,(H,10,11);2-7,9H,1H3/t2*13-;2*7-/m1000/s1. The van der Waals surface area contributed by atoms with Crippen LogP contribution in [0.1, 0.15) is 80.9 Å². The molecule has 8 rings (SSSR count). The normalized spacial score (nSPS) is 24.7. The van der Waals surface area contributed by atoms with Gasteiger partial charge < -0.3 is 26.8 Å². The van der Waals surface area contributed by atoms with Gasteiger partial charge in [-0.1, -0.05) is 121 Å². The molecular formula is C44H58N4O4. The van der Waals surface area contributed by atoms with E-state index in [4.69, 9.17) is 26.8 Å². The molecule has 2 saturated heterocycles. The van der Waals surface area contributed by atoms with E-state index in [1.807, 2.05) is 30.3 Å². The SMILES string of the molecule is C[C@@]1(N)CN(Cc2ccccc2)CC12CC2.C[C@H](O)c1ccccc1.C[C@]1(N)CN(Cc2ccccc2)CC12CC2.O=C(O)[C@@H](O)c1ccccc1. The Labute approximate surface area is 310 Å². The number of aliphatic hydroxyl groups excluding tert-OH is 2. The van der Waals surface area contributed by atoms with E-state index in [1.54, 1.807) is 37.3 Å². The minimum absolute atomic E-state index is 0.0295. The van der Waals surface area contributed by atoms with Gasteiger partial charge in [0.1, 0.15) is 0 Å². The second kappa shape index (κ2) is 16.8. The Morgan fingerprint density at radius 1 is 0.596 bits per heavy atom. The largest absolute Gasteiger partial charge is 0.479 e. The van der Waals surface area contributed by atoms with Gasteiger partial charge in [0.15, 0.2) is 6.10 Å². The van der Waals surface area contributed by atoms with Crippen LogP contribution in [0.3, 0.4) is 0 Å². The highest BCUT2D eigenvalue weighted by Crippen LogP contribution is 2.58. The summed E-state index contributed by atoms with van der Waals surface area (Å²) >= 11 is 0. The third kappa shape index (κ3) is 10.2. The van der Waals surface area contributed by atoms with Gasteiger partial charge >= 0.3 is 5.97 Å². The summed E-state index contributed by atoms with van der Waals surface area (Å²) in [6.45, 7) is 12.8. The molecule has 2 heterocycles. The van der Waals surface area contributed by atoms with Gasteiger partial charge in [0.25, 0.3) is 0 Å². The topological polar surface area (TPSA) is 136 Å². The zero-order valence-corrected chi connectivity index (χ0v) is 31.1. The highest BCUT2D eigenvalue weighted by Gasteiger charge is 2.60. The number of benzene rings is 4. The molecule has 0 amide bonds. The molecule has 4 aromatic carbocycles. The van der Waals surface area contributed by atoms with Crippen molar-refractivity contribution >= 4 is 5.97 Å². The number of carboxylic acids is 1. The average molecular weight is 707 g/mol. The molecule has 278 valence electrons. The summed E-state index contributed by atoms with van der Waals surface area (Å²) in [5.74, 6) is -1.23. The molecule has 2 saturated carbocycles. The molecule has 4 fully saturated rings. The summed E-state index contributed by atoms with van der Waals surface area (Å²) in [5.41, 5.74) is 18.0. The first-order valence-corrected chi connectivity index (χ1v) is 18.5. The Bertz CT molecular complexity index is 1590. The summed E-state index contributed by atoms with van der Waals surface area (Å²) in [6, 6.07) is 39.2. The fourth-order valence-corrected chi connectivity index (χ4v) is 7.77. The fourth-order valence-electron chi connectivity index (χ4n) is 7.77. The van der Waals surface area contributed by atoms with Crippen molar-refractivity contribution < 1.29 is 20.1 Å². The molecular weight excluding hydrogens is 649 g/mol. The number of aliphatic hydroxyl groups is 2. The van der Waals surface area contributed by atoms with Gasteiger partial charge in [-0.25, -0.2) is 4.79 Å². The summed E-state index contributed by atoms with van der Waals surface area (Å²) in [6.07, 6.45) is 3.55. The van der Waals surface area contributed by atoms with E-state index in [2.05, 4.69) is 84.3 Å². The number of carbonyl (C=O) groups is 1. The highest BCUT2D eigenvalue weighted by molar-refractivity contribution is 5.73. The van der Waals surface area contributed by atoms with Crippen LogP contribution >= 0.6 is 0 Å². The maximum absolute atomic E-state index is 10.2. The molecule has 52 heavy (non-hydrogen) atoms. The first kappa shape index (κ1) is 39.3. The van der Waals surface area contributed by atoms with Gasteiger partial charge in [-0.2, -0.15) is 0 Å². The Morgan fingerprint density at radius 3 is 1.19 bits per heavy atom. The fraction of sp³-hybridized carbons (Fsp3) is 0.432. The quantitative estimate of drug-likeness (QED) is 0.146. The zero-order valence-electron chi connectivity index (χ0n) is 31.1.